The largest absolute Gasteiger partial charge is 0.407 e. The van der Waals surface area contributed by atoms with E-state index in [2.05, 4.69) is 129 Å². The van der Waals surface area contributed by atoms with Crippen molar-refractivity contribution in [2.75, 3.05) is 4.67 Å². The lowest BCUT2D eigenvalue weighted by Crippen LogP contribution is -2.27. The average Bonchev–Trinajstić information content (AvgIpc) is 3.12. The molecule has 4 aromatic carbocycles. The van der Waals surface area contributed by atoms with Gasteiger partial charge in [-0.2, -0.15) is 4.67 Å². The van der Waals surface area contributed by atoms with Crippen molar-refractivity contribution in [2.45, 2.75) is 38.8 Å². The molecule has 1 aromatic heterocycles. The van der Waals surface area contributed by atoms with Gasteiger partial charge in [-0.25, -0.2) is 0 Å². The average molecular weight is 520 g/mol. The van der Waals surface area contributed by atoms with E-state index in [1.807, 2.05) is 12.2 Å². The fraction of sp³-hybridized carbons (Fsp3) is 0.176. The zero-order valence-electron chi connectivity index (χ0n) is 22.1. The number of para-hydroxylation sites is 2. The lowest BCUT2D eigenvalue weighted by Gasteiger charge is -2.31. The number of hydrogen-bond donors (Lipinski definition) is 0. The molecule has 38 heavy (non-hydrogen) atoms. The molecule has 0 N–H and O–H groups in total. The van der Waals surface area contributed by atoms with E-state index in [0.717, 1.165) is 45.9 Å². The van der Waals surface area contributed by atoms with Crippen molar-refractivity contribution in [3.05, 3.63) is 145 Å². The Morgan fingerprint density at radius 3 is 1.45 bits per heavy atom. The highest BCUT2D eigenvalue weighted by Crippen LogP contribution is 2.47. The molecule has 0 radical (unpaired) electrons. The molecule has 5 aromatic rings. The van der Waals surface area contributed by atoms with Crippen LogP contribution < -0.4 is 4.67 Å². The number of hydrogen-bond acceptors (Lipinski definition) is 3. The molecule has 0 unspecified atom stereocenters. The molecule has 0 saturated carbocycles. The van der Waals surface area contributed by atoms with E-state index in [-0.39, 0.29) is 12.1 Å². The third-order valence-electron chi connectivity index (χ3n) is 7.10. The Balaban J connectivity index is 1.87. The first-order chi connectivity index (χ1) is 18.6. The summed E-state index contributed by atoms with van der Waals surface area (Å²) in [6.45, 7) is 12.5. The molecule has 0 saturated heterocycles. The van der Waals surface area contributed by atoms with Crippen molar-refractivity contribution in [3.8, 4) is 0 Å². The predicted octanol–water partition coefficient (Wildman–Crippen LogP) is 10.2. The molecular formula is C34H34NO2P. The van der Waals surface area contributed by atoms with Gasteiger partial charge in [0, 0.05) is 22.9 Å². The summed E-state index contributed by atoms with van der Waals surface area (Å²) in [5, 5.41) is 2.10. The van der Waals surface area contributed by atoms with Gasteiger partial charge in [0.2, 0.25) is 0 Å². The quantitative estimate of drug-likeness (QED) is 0.181. The highest BCUT2D eigenvalue weighted by Gasteiger charge is 2.29. The van der Waals surface area contributed by atoms with Crippen LogP contribution in [0.25, 0.3) is 21.9 Å². The van der Waals surface area contributed by atoms with Crippen molar-refractivity contribution in [1.82, 2.24) is 0 Å². The van der Waals surface area contributed by atoms with Crippen LogP contribution in [0.2, 0.25) is 0 Å². The van der Waals surface area contributed by atoms with Crippen LogP contribution in [-0.4, -0.2) is 0 Å². The van der Waals surface area contributed by atoms with Gasteiger partial charge >= 0.3 is 8.16 Å². The van der Waals surface area contributed by atoms with E-state index in [1.54, 1.807) is 0 Å². The zero-order chi connectivity index (χ0) is 26.5. The van der Waals surface area contributed by atoms with Crippen LogP contribution in [0.1, 0.15) is 48.2 Å². The summed E-state index contributed by atoms with van der Waals surface area (Å²) < 4.78 is 16.4. The lowest BCUT2D eigenvalue weighted by molar-refractivity contribution is 0.557. The van der Waals surface area contributed by atoms with Crippen molar-refractivity contribution in [1.29, 1.82) is 0 Å². The lowest BCUT2D eigenvalue weighted by atomic mass is 10.0. The Labute approximate surface area is 226 Å². The number of nitrogens with zero attached hydrogens (tertiary/aromatic N) is 1. The van der Waals surface area contributed by atoms with Crippen LogP contribution in [0.5, 0.6) is 0 Å². The summed E-state index contributed by atoms with van der Waals surface area (Å²) in [6.07, 6.45) is 5.30. The molecule has 0 aliphatic rings. The van der Waals surface area contributed by atoms with Gasteiger partial charge in [-0.1, -0.05) is 109 Å². The van der Waals surface area contributed by atoms with Gasteiger partial charge < -0.3 is 8.39 Å². The summed E-state index contributed by atoms with van der Waals surface area (Å²) in [5.74, 6) is 0. The minimum absolute atomic E-state index is 0.0423. The third kappa shape index (κ3) is 5.13. The van der Waals surface area contributed by atoms with Gasteiger partial charge in [-0.15, -0.1) is 13.2 Å². The summed E-state index contributed by atoms with van der Waals surface area (Å²) in [5.41, 5.74) is 6.39. The maximum atomic E-state index is 7.00. The Morgan fingerprint density at radius 1 is 0.632 bits per heavy atom. The summed E-state index contributed by atoms with van der Waals surface area (Å²) in [4.78, 5) is 0. The first kappa shape index (κ1) is 25.9. The van der Waals surface area contributed by atoms with Crippen molar-refractivity contribution in [3.63, 3.8) is 0 Å². The highest BCUT2D eigenvalue weighted by atomic mass is 31.1. The molecule has 0 aliphatic heterocycles. The molecule has 2 atom stereocenters. The monoisotopic (exact) mass is 519 g/mol. The van der Waals surface area contributed by atoms with Gasteiger partial charge in [0.25, 0.3) is 0 Å². The Kier molecular flexibility index (Phi) is 7.98. The van der Waals surface area contributed by atoms with Crippen LogP contribution in [0.15, 0.2) is 131 Å². The molecule has 3 nitrogen and oxygen atoms in total. The van der Waals surface area contributed by atoms with E-state index in [4.69, 9.17) is 8.39 Å². The number of fused-ring (bicyclic) bond motifs is 3. The van der Waals surface area contributed by atoms with Crippen molar-refractivity contribution < 1.29 is 8.39 Å². The first-order valence-electron chi connectivity index (χ1n) is 13.1. The fourth-order valence-electron chi connectivity index (χ4n) is 5.10. The maximum Gasteiger partial charge on any atom is 0.310 e. The van der Waals surface area contributed by atoms with Crippen molar-refractivity contribution in [2.24, 2.45) is 0 Å². The normalized spacial score (nSPS) is 12.9. The molecule has 0 bridgehead atoms. The van der Waals surface area contributed by atoms with Crippen LogP contribution >= 0.6 is 8.16 Å². The minimum atomic E-state index is -1.55. The molecule has 0 fully saturated rings. The topological polar surface area (TPSA) is 29.5 Å². The number of benzene rings is 4. The summed E-state index contributed by atoms with van der Waals surface area (Å²) >= 11 is 0. The first-order valence-corrected chi connectivity index (χ1v) is 14.3. The molecule has 1 heterocycles. The predicted molar refractivity (Wildman–Crippen MR) is 162 cm³/mol. The molecular weight excluding hydrogens is 485 g/mol. The Hall–Kier alpha value is -3.78. The summed E-state index contributed by atoms with van der Waals surface area (Å²) in [7, 11) is -1.55. The minimum Gasteiger partial charge on any atom is -0.407 e. The smallest absolute Gasteiger partial charge is 0.310 e. The van der Waals surface area contributed by atoms with Crippen molar-refractivity contribution >= 4 is 30.1 Å². The Morgan fingerprint density at radius 2 is 1.05 bits per heavy atom. The maximum absolute atomic E-state index is 7.00. The molecule has 0 spiro atoms. The summed E-state index contributed by atoms with van der Waals surface area (Å²) in [6, 6.07) is 34.0. The SMILES string of the molecule is C=CCc1cccc2c1op(N([C@@H](C)c1ccccc1)[C@@H](C)c1ccccc1)oc1c(CC=C)cccc12. The third-order valence-corrected chi connectivity index (χ3v) is 8.84. The van der Waals surface area contributed by atoms with E-state index in [9.17, 15) is 0 Å². The van der Waals surface area contributed by atoms with Crippen LogP contribution in [0.3, 0.4) is 0 Å². The standard InChI is InChI=1S/C34H34NO2P/c1-5-15-29-21-13-23-31-32-24-14-22-30(16-6-2)34(32)37-38(36-33(29)31)35(25(3)27-17-9-7-10-18-27)26(4)28-19-11-8-12-20-28/h5-14,17-26H,1-2,15-16H2,3-4H3/t25-,26-/m0/s1. The van der Waals surface area contributed by atoms with Crippen LogP contribution in [0, 0.1) is 0 Å². The van der Waals surface area contributed by atoms with Gasteiger partial charge in [-0.05, 0) is 48.9 Å². The fourth-order valence-corrected chi connectivity index (χ4v) is 6.90. The van der Waals surface area contributed by atoms with Gasteiger partial charge in [0.15, 0.2) is 0 Å². The highest BCUT2D eigenvalue weighted by molar-refractivity contribution is 7.39. The second-order valence-electron chi connectivity index (χ2n) is 9.55. The molecule has 4 heteroatoms. The van der Waals surface area contributed by atoms with Crippen LogP contribution in [0.4, 0.5) is 0 Å². The van der Waals surface area contributed by atoms with Gasteiger partial charge in [-0.3, -0.25) is 0 Å². The zero-order valence-corrected chi connectivity index (χ0v) is 23.0. The van der Waals surface area contributed by atoms with E-state index >= 15 is 0 Å². The second-order valence-corrected chi connectivity index (χ2v) is 10.8. The van der Waals surface area contributed by atoms with Crippen LogP contribution in [-0.2, 0) is 12.8 Å². The second kappa shape index (κ2) is 11.7. The van der Waals surface area contributed by atoms with Gasteiger partial charge in [0.1, 0.15) is 11.2 Å². The van der Waals surface area contributed by atoms with E-state index in [1.165, 1.54) is 11.1 Å². The Bertz CT molecular complexity index is 1470. The van der Waals surface area contributed by atoms with E-state index in [0.29, 0.717) is 0 Å². The molecule has 0 aliphatic carbocycles. The molecule has 192 valence electrons. The molecule has 5 rings (SSSR count). The molecule has 0 amide bonds. The number of rotatable bonds is 9. The number of allylic oxidation sites excluding steroid dienone is 2. The van der Waals surface area contributed by atoms with Gasteiger partial charge in [0.05, 0.1) is 0 Å². The van der Waals surface area contributed by atoms with E-state index < -0.39 is 8.16 Å².